The summed E-state index contributed by atoms with van der Waals surface area (Å²) in [4.78, 5) is 0. The fourth-order valence-electron chi connectivity index (χ4n) is 11.0. The highest BCUT2D eigenvalue weighted by molar-refractivity contribution is 6.26. The van der Waals surface area contributed by atoms with Crippen LogP contribution in [0.1, 0.15) is 33.4 Å². The van der Waals surface area contributed by atoms with E-state index in [1.54, 1.807) is 0 Å². The molecule has 12 aromatic carbocycles. The van der Waals surface area contributed by atoms with Crippen molar-refractivity contribution in [2.24, 2.45) is 0 Å². The maximum absolute atomic E-state index is 2.52. The monoisotopic (exact) mass is 746 g/mol. The van der Waals surface area contributed by atoms with Gasteiger partial charge in [0.2, 0.25) is 0 Å². The zero-order chi connectivity index (χ0) is 39.0. The number of aryl methyl sites for hydroxylation is 2. The molecule has 59 heavy (non-hydrogen) atoms. The summed E-state index contributed by atoms with van der Waals surface area (Å²) in [5, 5.41) is 15.7. The minimum Gasteiger partial charge on any atom is -0.0610 e. The summed E-state index contributed by atoms with van der Waals surface area (Å²) in [6, 6.07) is 74.3. The van der Waals surface area contributed by atoms with Gasteiger partial charge in [-0.15, -0.1) is 0 Å². The molecule has 0 nitrogen and oxygen atoms in total. The van der Waals surface area contributed by atoms with Crippen LogP contribution in [0, 0.1) is 13.8 Å². The summed E-state index contributed by atoms with van der Waals surface area (Å²) in [7, 11) is 0. The average Bonchev–Trinajstić information content (AvgIpc) is 3.57. The first-order chi connectivity index (χ1) is 29.0. The van der Waals surface area contributed by atoms with Gasteiger partial charge in [0.15, 0.2) is 0 Å². The SMILES string of the molecule is Cc1ccc(C2(c3ccc(C)cc3)c3cc(-c4ccc5ccc6cccc7ccc4c5c67)ccc3-c3ccc(-c4ccc5ccc6cccc7ccc4c5c67)cc32)cc1. The molecule has 1 aliphatic carbocycles. The molecular formula is C59H38. The molecule has 0 unspecified atom stereocenters. The topological polar surface area (TPSA) is 0 Å². The van der Waals surface area contributed by atoms with Gasteiger partial charge in [0.25, 0.3) is 0 Å². The van der Waals surface area contributed by atoms with Crippen LogP contribution in [-0.4, -0.2) is 0 Å². The van der Waals surface area contributed by atoms with Crippen LogP contribution < -0.4 is 0 Å². The van der Waals surface area contributed by atoms with Crippen molar-refractivity contribution in [3.8, 4) is 33.4 Å². The van der Waals surface area contributed by atoms with Crippen LogP contribution in [0.2, 0.25) is 0 Å². The average molecular weight is 747 g/mol. The van der Waals surface area contributed by atoms with Crippen LogP contribution in [0.15, 0.2) is 194 Å². The van der Waals surface area contributed by atoms with Gasteiger partial charge in [-0.05, 0) is 146 Å². The van der Waals surface area contributed by atoms with Crippen molar-refractivity contribution < 1.29 is 0 Å². The minimum absolute atomic E-state index is 0.550. The van der Waals surface area contributed by atoms with Gasteiger partial charge in [-0.3, -0.25) is 0 Å². The summed E-state index contributed by atoms with van der Waals surface area (Å²) in [5.41, 5.74) is 14.8. The van der Waals surface area contributed by atoms with E-state index in [2.05, 4.69) is 208 Å². The minimum atomic E-state index is -0.550. The number of rotatable bonds is 4. The Morgan fingerprint density at radius 2 is 0.627 bits per heavy atom. The van der Waals surface area contributed by atoms with Crippen LogP contribution >= 0.6 is 0 Å². The number of benzene rings is 12. The first-order valence-electron chi connectivity index (χ1n) is 20.8. The highest BCUT2D eigenvalue weighted by Gasteiger charge is 2.46. The Morgan fingerprint density at radius 3 is 1.03 bits per heavy atom. The molecule has 0 bridgehead atoms. The largest absolute Gasteiger partial charge is 0.0714 e. The third-order valence-electron chi connectivity index (χ3n) is 13.8. The fourth-order valence-corrected chi connectivity index (χ4v) is 11.0. The van der Waals surface area contributed by atoms with Crippen molar-refractivity contribution in [2.75, 3.05) is 0 Å². The van der Waals surface area contributed by atoms with Gasteiger partial charge in [0, 0.05) is 0 Å². The predicted octanol–water partition coefficient (Wildman–Crippen LogP) is 15.8. The Balaban J connectivity index is 1.10. The van der Waals surface area contributed by atoms with Crippen molar-refractivity contribution >= 4 is 64.6 Å². The summed E-state index contributed by atoms with van der Waals surface area (Å²) in [6.07, 6.45) is 0. The van der Waals surface area contributed by atoms with Crippen LogP contribution in [0.3, 0.4) is 0 Å². The van der Waals surface area contributed by atoms with Crippen molar-refractivity contribution in [1.82, 2.24) is 0 Å². The summed E-state index contributed by atoms with van der Waals surface area (Å²) in [5.74, 6) is 0. The summed E-state index contributed by atoms with van der Waals surface area (Å²) < 4.78 is 0. The fraction of sp³-hybridized carbons (Fsp3) is 0.0508. The lowest BCUT2D eigenvalue weighted by molar-refractivity contribution is 0.768. The molecule has 13 rings (SSSR count). The molecule has 0 amide bonds. The summed E-state index contributed by atoms with van der Waals surface area (Å²) >= 11 is 0. The molecule has 0 radical (unpaired) electrons. The van der Waals surface area contributed by atoms with E-state index in [0.717, 1.165) is 0 Å². The maximum atomic E-state index is 2.52. The van der Waals surface area contributed by atoms with Crippen molar-refractivity contribution in [1.29, 1.82) is 0 Å². The van der Waals surface area contributed by atoms with Crippen LogP contribution in [0.5, 0.6) is 0 Å². The highest BCUT2D eigenvalue weighted by Crippen LogP contribution is 2.58. The molecule has 0 heteroatoms. The highest BCUT2D eigenvalue weighted by atomic mass is 14.5. The molecule has 1 aliphatic rings. The molecule has 0 atom stereocenters. The van der Waals surface area contributed by atoms with E-state index in [4.69, 9.17) is 0 Å². The number of hydrogen-bond donors (Lipinski definition) is 0. The molecule has 0 aliphatic heterocycles. The van der Waals surface area contributed by atoms with Crippen molar-refractivity contribution in [3.63, 3.8) is 0 Å². The Kier molecular flexibility index (Phi) is 6.60. The molecule has 12 aromatic rings. The standard InChI is InChI=1S/C59H38/c1-35-9-23-45(24-10-35)59(46-25-11-36(2)12-26-46)53-33-43(47-27-17-41-15-13-37-5-3-7-39-19-31-51(47)57(41)55(37)39)21-29-49(53)50-30-22-44(34-54(50)59)48-28-18-42-16-14-38-6-4-8-40-20-32-52(48)58(42)56(38)40/h3-34H,1-2H3. The van der Waals surface area contributed by atoms with Gasteiger partial charge in [-0.1, -0.05) is 193 Å². The second kappa shape index (κ2) is 11.9. The maximum Gasteiger partial charge on any atom is 0.0714 e. The molecule has 0 N–H and O–H groups in total. The van der Waals surface area contributed by atoms with Crippen molar-refractivity contribution in [2.45, 2.75) is 19.3 Å². The van der Waals surface area contributed by atoms with Crippen LogP contribution in [0.25, 0.3) is 98.0 Å². The van der Waals surface area contributed by atoms with E-state index >= 15 is 0 Å². The van der Waals surface area contributed by atoms with E-state index < -0.39 is 5.41 Å². The van der Waals surface area contributed by atoms with Gasteiger partial charge >= 0.3 is 0 Å². The zero-order valence-electron chi connectivity index (χ0n) is 33.0. The Labute approximate surface area is 343 Å². The Morgan fingerprint density at radius 1 is 0.288 bits per heavy atom. The van der Waals surface area contributed by atoms with Gasteiger partial charge in [0.05, 0.1) is 5.41 Å². The predicted molar refractivity (Wildman–Crippen MR) is 251 cm³/mol. The van der Waals surface area contributed by atoms with Gasteiger partial charge in [-0.25, -0.2) is 0 Å². The molecule has 0 saturated heterocycles. The van der Waals surface area contributed by atoms with E-state index in [0.29, 0.717) is 0 Å². The first kappa shape index (κ1) is 32.8. The second-order valence-corrected chi connectivity index (χ2v) is 16.9. The molecule has 0 spiro atoms. The molecule has 0 aromatic heterocycles. The zero-order valence-corrected chi connectivity index (χ0v) is 33.0. The second-order valence-electron chi connectivity index (χ2n) is 16.9. The van der Waals surface area contributed by atoms with E-state index in [-0.39, 0.29) is 0 Å². The smallest absolute Gasteiger partial charge is 0.0610 e. The van der Waals surface area contributed by atoms with Gasteiger partial charge in [0.1, 0.15) is 0 Å². The molecule has 274 valence electrons. The third kappa shape index (κ3) is 4.44. The quantitative estimate of drug-likeness (QED) is 0.157. The number of hydrogen-bond acceptors (Lipinski definition) is 0. The van der Waals surface area contributed by atoms with Gasteiger partial charge in [-0.2, -0.15) is 0 Å². The normalized spacial score (nSPS) is 13.4. The lowest BCUT2D eigenvalue weighted by atomic mass is 9.67. The van der Waals surface area contributed by atoms with Gasteiger partial charge < -0.3 is 0 Å². The van der Waals surface area contributed by atoms with E-state index in [1.807, 2.05) is 0 Å². The Bertz CT molecular complexity index is 3380. The Hall–Kier alpha value is -7.28. The molecule has 0 heterocycles. The number of fused-ring (bicyclic) bond motifs is 3. The lowest BCUT2D eigenvalue weighted by Crippen LogP contribution is -2.28. The van der Waals surface area contributed by atoms with Crippen molar-refractivity contribution in [3.05, 3.63) is 228 Å². The molecule has 0 fully saturated rings. The third-order valence-corrected chi connectivity index (χ3v) is 13.8. The lowest BCUT2D eigenvalue weighted by Gasteiger charge is -2.34. The van der Waals surface area contributed by atoms with E-state index in [9.17, 15) is 0 Å². The molecular weight excluding hydrogens is 709 g/mol. The molecule has 0 saturated carbocycles. The van der Waals surface area contributed by atoms with E-state index in [1.165, 1.54) is 131 Å². The summed E-state index contributed by atoms with van der Waals surface area (Å²) in [6.45, 7) is 4.38. The van der Waals surface area contributed by atoms with Crippen LogP contribution in [0.4, 0.5) is 0 Å². The first-order valence-corrected chi connectivity index (χ1v) is 20.8. The van der Waals surface area contributed by atoms with Crippen LogP contribution in [-0.2, 0) is 5.41 Å².